The molecule has 0 aliphatic carbocycles. The summed E-state index contributed by atoms with van der Waals surface area (Å²) in [5, 5.41) is 2.11. The van der Waals surface area contributed by atoms with Crippen molar-refractivity contribution >= 4 is 5.95 Å². The van der Waals surface area contributed by atoms with Crippen LogP contribution in [0.25, 0.3) is 0 Å². The Labute approximate surface area is 133 Å². The summed E-state index contributed by atoms with van der Waals surface area (Å²) < 4.78 is 53.9. The first-order valence-electron chi connectivity index (χ1n) is 6.93. The van der Waals surface area contributed by atoms with E-state index in [9.17, 15) is 27.2 Å². The van der Waals surface area contributed by atoms with Crippen molar-refractivity contribution in [2.24, 2.45) is 0 Å². The predicted octanol–water partition coefficient (Wildman–Crippen LogP) is 2.21. The average Bonchev–Trinajstić information content (AvgIpc) is 2.44. The zero-order chi connectivity index (χ0) is 18.0. The molecule has 0 saturated heterocycles. The maximum Gasteiger partial charge on any atom is 0.355 e. The number of hydrogen-bond acceptors (Lipinski definition) is 4. The van der Waals surface area contributed by atoms with Gasteiger partial charge in [-0.2, -0.15) is 4.98 Å². The number of H-pyrrole nitrogens is 1. The number of anilines is 1. The number of alkyl halides is 2. The van der Waals surface area contributed by atoms with E-state index in [0.717, 1.165) is 16.7 Å². The fourth-order valence-corrected chi connectivity index (χ4v) is 2.13. The second kappa shape index (κ2) is 6.85. The molecule has 0 unspecified atom stereocenters. The van der Waals surface area contributed by atoms with Gasteiger partial charge in [-0.1, -0.05) is 6.07 Å². The number of nitrogens with zero attached hydrogens (tertiary/aromatic N) is 2. The predicted molar refractivity (Wildman–Crippen MR) is 78.2 cm³/mol. The van der Waals surface area contributed by atoms with Gasteiger partial charge in [0.25, 0.3) is 6.43 Å². The Bertz CT molecular complexity index is 816. The molecule has 2 N–H and O–H groups in total. The number of benzene rings is 1. The molecule has 0 amide bonds. The molecule has 0 bridgehead atoms. The van der Waals surface area contributed by atoms with Gasteiger partial charge >= 0.3 is 11.4 Å². The van der Waals surface area contributed by atoms with Gasteiger partial charge < -0.3 is 5.32 Å². The van der Waals surface area contributed by atoms with E-state index >= 15 is 0 Å². The lowest BCUT2D eigenvalue weighted by Crippen LogP contribution is -2.39. The summed E-state index contributed by atoms with van der Waals surface area (Å²) in [5.41, 5.74) is -2.31. The highest BCUT2D eigenvalue weighted by atomic mass is 19.3. The van der Waals surface area contributed by atoms with Crippen molar-refractivity contribution in [2.75, 3.05) is 5.32 Å². The number of hydrogen-bond donors (Lipinski definition) is 2. The van der Waals surface area contributed by atoms with E-state index < -0.39 is 53.0 Å². The molecule has 10 heteroatoms. The molecule has 1 aromatic carbocycles. The molecule has 1 atom stereocenters. The van der Waals surface area contributed by atoms with Crippen molar-refractivity contribution in [1.29, 1.82) is 0 Å². The highest BCUT2D eigenvalue weighted by Crippen LogP contribution is 2.26. The molecule has 0 spiro atoms. The highest BCUT2D eigenvalue weighted by molar-refractivity contribution is 5.32. The molecule has 1 aromatic heterocycles. The van der Waals surface area contributed by atoms with E-state index in [1.54, 1.807) is 13.8 Å². The van der Waals surface area contributed by atoms with Crippen molar-refractivity contribution in [3.63, 3.8) is 0 Å². The molecule has 2 rings (SSSR count). The highest BCUT2D eigenvalue weighted by Gasteiger charge is 2.26. The van der Waals surface area contributed by atoms with Crippen LogP contribution in [-0.4, -0.2) is 21.0 Å². The van der Waals surface area contributed by atoms with Gasteiger partial charge in [0.15, 0.2) is 0 Å². The third-order valence-corrected chi connectivity index (χ3v) is 3.22. The smallest absolute Gasteiger partial charge is 0.343 e. The van der Waals surface area contributed by atoms with Gasteiger partial charge in [0.2, 0.25) is 5.95 Å². The van der Waals surface area contributed by atoms with Gasteiger partial charge in [-0.3, -0.25) is 4.98 Å². The van der Waals surface area contributed by atoms with Crippen LogP contribution in [-0.2, 0) is 0 Å². The maximum atomic E-state index is 13.7. The lowest BCUT2D eigenvalue weighted by atomic mass is 10.1. The number of aromatic nitrogens is 3. The Balaban J connectivity index is 2.42. The van der Waals surface area contributed by atoms with Crippen molar-refractivity contribution in [1.82, 2.24) is 14.5 Å². The van der Waals surface area contributed by atoms with Crippen molar-refractivity contribution in [3.05, 3.63) is 56.4 Å². The SMILES string of the molecule is CC(C)n1c(=O)nc(N[C@H](c2ccc(F)cc2F)C(F)F)[nH]c1=O. The van der Waals surface area contributed by atoms with Crippen molar-refractivity contribution in [3.8, 4) is 0 Å². The number of aromatic amines is 1. The summed E-state index contributed by atoms with van der Waals surface area (Å²) in [7, 11) is 0. The molecule has 0 saturated carbocycles. The number of rotatable bonds is 5. The van der Waals surface area contributed by atoms with E-state index in [0.29, 0.717) is 6.07 Å². The van der Waals surface area contributed by atoms with Crippen LogP contribution in [0.5, 0.6) is 0 Å². The Kier molecular flexibility index (Phi) is 5.05. The lowest BCUT2D eigenvalue weighted by Gasteiger charge is -2.19. The van der Waals surface area contributed by atoms with E-state index in [4.69, 9.17) is 0 Å². The third kappa shape index (κ3) is 3.63. The molecule has 1 heterocycles. The standard InChI is InChI=1S/C14H14F4N4O2/c1-6(2)22-13(23)20-12(21-14(22)24)19-10(11(17)18)8-4-3-7(15)5-9(8)16/h3-6,10-11H,1-2H3,(H2,19,20,21,23,24)/t10-/m1/s1. The Hall–Kier alpha value is -2.65. The maximum absolute atomic E-state index is 13.7. The first-order chi connectivity index (χ1) is 11.2. The molecule has 24 heavy (non-hydrogen) atoms. The fourth-order valence-electron chi connectivity index (χ4n) is 2.13. The van der Waals surface area contributed by atoms with Gasteiger partial charge in [-0.25, -0.2) is 31.7 Å². The van der Waals surface area contributed by atoms with Crippen molar-refractivity contribution < 1.29 is 17.6 Å². The zero-order valence-corrected chi connectivity index (χ0v) is 12.7. The normalized spacial score (nSPS) is 12.7. The van der Waals surface area contributed by atoms with Crippen LogP contribution < -0.4 is 16.7 Å². The van der Waals surface area contributed by atoms with Crippen LogP contribution in [0.2, 0.25) is 0 Å². The first-order valence-corrected chi connectivity index (χ1v) is 6.93. The van der Waals surface area contributed by atoms with Gasteiger partial charge in [-0.15, -0.1) is 0 Å². The minimum Gasteiger partial charge on any atom is -0.343 e. The second-order valence-corrected chi connectivity index (χ2v) is 5.26. The van der Waals surface area contributed by atoms with Crippen LogP contribution in [0.4, 0.5) is 23.5 Å². The lowest BCUT2D eigenvalue weighted by molar-refractivity contribution is 0.122. The monoisotopic (exact) mass is 346 g/mol. The van der Waals surface area contributed by atoms with Gasteiger partial charge in [-0.05, 0) is 19.9 Å². The quantitative estimate of drug-likeness (QED) is 0.814. The number of nitrogens with one attached hydrogen (secondary N) is 2. The molecule has 0 aliphatic heterocycles. The second-order valence-electron chi connectivity index (χ2n) is 5.26. The summed E-state index contributed by atoms with van der Waals surface area (Å²) in [4.78, 5) is 29.2. The minimum absolute atomic E-state index is 0.458. The van der Waals surface area contributed by atoms with Gasteiger partial charge in [0.1, 0.15) is 17.7 Å². The van der Waals surface area contributed by atoms with Crippen molar-refractivity contribution in [2.45, 2.75) is 32.4 Å². The molecular formula is C14H14F4N4O2. The van der Waals surface area contributed by atoms with Gasteiger partial charge in [0.05, 0.1) is 0 Å². The summed E-state index contributed by atoms with van der Waals surface area (Å²) in [6.45, 7) is 3.14. The Morgan fingerprint density at radius 2 is 1.88 bits per heavy atom. The fraction of sp³-hybridized carbons (Fsp3) is 0.357. The van der Waals surface area contributed by atoms with Crippen LogP contribution in [0.3, 0.4) is 0 Å². The van der Waals surface area contributed by atoms with E-state index in [2.05, 4.69) is 15.3 Å². The average molecular weight is 346 g/mol. The summed E-state index contributed by atoms with van der Waals surface area (Å²) >= 11 is 0. The first kappa shape index (κ1) is 17.7. The molecule has 6 nitrogen and oxygen atoms in total. The summed E-state index contributed by atoms with van der Waals surface area (Å²) in [6, 6.07) is -0.282. The van der Waals surface area contributed by atoms with Crippen LogP contribution in [0, 0.1) is 11.6 Å². The largest absolute Gasteiger partial charge is 0.355 e. The zero-order valence-electron chi connectivity index (χ0n) is 12.7. The minimum atomic E-state index is -3.11. The third-order valence-electron chi connectivity index (χ3n) is 3.22. The van der Waals surface area contributed by atoms with Crippen LogP contribution in [0.15, 0.2) is 27.8 Å². The molecule has 2 aromatic rings. The van der Waals surface area contributed by atoms with Crippen LogP contribution >= 0.6 is 0 Å². The topological polar surface area (TPSA) is 79.8 Å². The Morgan fingerprint density at radius 1 is 1.21 bits per heavy atom. The summed E-state index contributed by atoms with van der Waals surface area (Å²) in [6.07, 6.45) is -3.11. The number of halogens is 4. The summed E-state index contributed by atoms with van der Waals surface area (Å²) in [5.74, 6) is -2.64. The Morgan fingerprint density at radius 3 is 2.38 bits per heavy atom. The molecule has 130 valence electrons. The van der Waals surface area contributed by atoms with Gasteiger partial charge in [0, 0.05) is 17.7 Å². The van der Waals surface area contributed by atoms with E-state index in [1.165, 1.54) is 0 Å². The molecule has 0 radical (unpaired) electrons. The van der Waals surface area contributed by atoms with Crippen LogP contribution in [0.1, 0.15) is 31.5 Å². The molecular weight excluding hydrogens is 332 g/mol. The van der Waals surface area contributed by atoms with E-state index in [1.807, 2.05) is 0 Å². The van der Waals surface area contributed by atoms with E-state index in [-0.39, 0.29) is 0 Å². The molecule has 0 fully saturated rings. The molecule has 0 aliphatic rings.